The Morgan fingerprint density at radius 1 is 1.11 bits per heavy atom. The smallest absolute Gasteiger partial charge is 0.241 e. The van der Waals surface area contributed by atoms with Crippen LogP contribution in [0.1, 0.15) is 12.5 Å². The van der Waals surface area contributed by atoms with E-state index in [2.05, 4.69) is 5.32 Å². The molecule has 27 heavy (non-hydrogen) atoms. The van der Waals surface area contributed by atoms with E-state index in [9.17, 15) is 4.79 Å². The zero-order valence-electron chi connectivity index (χ0n) is 15.9. The molecular weight excluding hydrogens is 348 g/mol. The highest BCUT2D eigenvalue weighted by Crippen LogP contribution is 2.33. The van der Waals surface area contributed by atoms with Crippen molar-refractivity contribution in [2.75, 3.05) is 33.4 Å². The number of methoxy groups -OCH3 is 2. The second-order valence-corrected chi connectivity index (χ2v) is 6.34. The maximum absolute atomic E-state index is 12.6. The third-order valence-electron chi connectivity index (χ3n) is 4.56. The van der Waals surface area contributed by atoms with Crippen molar-refractivity contribution in [3.05, 3.63) is 42.0 Å². The molecule has 0 aromatic heterocycles. The number of amides is 1. The van der Waals surface area contributed by atoms with Gasteiger partial charge < -0.3 is 24.3 Å². The number of ether oxygens (including phenoxy) is 4. The van der Waals surface area contributed by atoms with Crippen molar-refractivity contribution in [1.82, 2.24) is 4.90 Å². The summed E-state index contributed by atoms with van der Waals surface area (Å²) in [5, 5.41) is 2.92. The lowest BCUT2D eigenvalue weighted by Crippen LogP contribution is -2.39. The Hall–Kier alpha value is -2.93. The van der Waals surface area contributed by atoms with Crippen LogP contribution < -0.4 is 24.3 Å². The minimum Gasteiger partial charge on any atom is -0.493 e. The van der Waals surface area contributed by atoms with E-state index in [1.165, 1.54) is 0 Å². The van der Waals surface area contributed by atoms with Gasteiger partial charge in [-0.2, -0.15) is 0 Å². The van der Waals surface area contributed by atoms with Crippen LogP contribution in [0, 0.1) is 0 Å². The Balaban J connectivity index is 1.62. The average molecular weight is 372 g/mol. The minimum atomic E-state index is -0.330. The number of carbonyl (C=O) groups is 1. The molecule has 1 heterocycles. The van der Waals surface area contributed by atoms with E-state index >= 15 is 0 Å². The van der Waals surface area contributed by atoms with Gasteiger partial charge in [0.25, 0.3) is 0 Å². The molecule has 1 aliphatic rings. The van der Waals surface area contributed by atoms with Crippen LogP contribution in [-0.4, -0.2) is 44.9 Å². The van der Waals surface area contributed by atoms with E-state index in [1.54, 1.807) is 32.4 Å². The lowest BCUT2D eigenvalue weighted by atomic mass is 10.1. The molecule has 2 aromatic carbocycles. The topological polar surface area (TPSA) is 69.3 Å². The van der Waals surface area contributed by atoms with Crippen LogP contribution in [0.15, 0.2) is 36.4 Å². The zero-order chi connectivity index (χ0) is 19.4. The summed E-state index contributed by atoms with van der Waals surface area (Å²) in [6.07, 6.45) is 0. The van der Waals surface area contributed by atoms with E-state index in [-0.39, 0.29) is 18.7 Å². The third-order valence-corrected chi connectivity index (χ3v) is 4.56. The number of hydrogen-bond acceptors (Lipinski definition) is 6. The van der Waals surface area contributed by atoms with E-state index in [1.807, 2.05) is 37.1 Å². The first kappa shape index (κ1) is 18.8. The van der Waals surface area contributed by atoms with Crippen molar-refractivity contribution in [3.8, 4) is 23.0 Å². The normalized spacial score (nSPS) is 13.4. The first-order chi connectivity index (χ1) is 13.0. The molecule has 7 heteroatoms. The maximum atomic E-state index is 12.6. The largest absolute Gasteiger partial charge is 0.493 e. The van der Waals surface area contributed by atoms with Gasteiger partial charge >= 0.3 is 0 Å². The molecule has 2 aromatic rings. The molecule has 0 saturated carbocycles. The quantitative estimate of drug-likeness (QED) is 0.806. The van der Waals surface area contributed by atoms with E-state index in [4.69, 9.17) is 18.9 Å². The summed E-state index contributed by atoms with van der Waals surface area (Å²) in [7, 11) is 5.04. The summed E-state index contributed by atoms with van der Waals surface area (Å²) in [6.45, 7) is 2.72. The molecule has 1 N–H and O–H groups in total. The lowest BCUT2D eigenvalue weighted by Gasteiger charge is -2.24. The molecule has 1 atom stereocenters. The number of likely N-dealkylation sites (N-methyl/N-ethyl adjacent to an activating group) is 1. The number of hydrogen-bond donors (Lipinski definition) is 1. The first-order valence-electron chi connectivity index (χ1n) is 8.63. The van der Waals surface area contributed by atoms with Crippen molar-refractivity contribution in [1.29, 1.82) is 0 Å². The molecule has 0 fully saturated rings. The van der Waals surface area contributed by atoms with Gasteiger partial charge in [0.15, 0.2) is 23.0 Å². The number of carbonyl (C=O) groups excluding carboxylic acids is 1. The highest BCUT2D eigenvalue weighted by Gasteiger charge is 2.20. The Kier molecular flexibility index (Phi) is 5.71. The standard InChI is InChI=1S/C20H24N2O5/c1-13(20(23)21-15-6-8-16(24-3)18(10-15)25-4)22(2)11-14-5-7-17-19(9-14)27-12-26-17/h5-10,13H,11-12H2,1-4H3,(H,21,23). The predicted octanol–water partition coefficient (Wildman–Crippen LogP) is 2.89. The predicted molar refractivity (Wildman–Crippen MR) is 102 cm³/mol. The van der Waals surface area contributed by atoms with Gasteiger partial charge in [-0.25, -0.2) is 0 Å². The Labute approximate surface area is 158 Å². The fourth-order valence-corrected chi connectivity index (χ4v) is 2.83. The van der Waals surface area contributed by atoms with Crippen LogP contribution in [-0.2, 0) is 11.3 Å². The summed E-state index contributed by atoms with van der Waals surface area (Å²) in [5.41, 5.74) is 1.70. The number of anilines is 1. The Morgan fingerprint density at radius 2 is 1.85 bits per heavy atom. The van der Waals surface area contributed by atoms with Crippen LogP contribution >= 0.6 is 0 Å². The molecule has 1 amide bonds. The van der Waals surface area contributed by atoms with Gasteiger partial charge in [-0.3, -0.25) is 9.69 Å². The summed E-state index contributed by atoms with van der Waals surface area (Å²) < 4.78 is 21.2. The number of nitrogens with one attached hydrogen (secondary N) is 1. The maximum Gasteiger partial charge on any atom is 0.241 e. The fraction of sp³-hybridized carbons (Fsp3) is 0.350. The van der Waals surface area contributed by atoms with Gasteiger partial charge in [0.2, 0.25) is 12.7 Å². The minimum absolute atomic E-state index is 0.106. The Morgan fingerprint density at radius 3 is 2.59 bits per heavy atom. The summed E-state index contributed by atoms with van der Waals surface area (Å²) in [4.78, 5) is 14.6. The molecule has 144 valence electrons. The molecule has 3 rings (SSSR count). The van der Waals surface area contributed by atoms with Crippen molar-refractivity contribution in [2.24, 2.45) is 0 Å². The third kappa shape index (κ3) is 4.25. The number of nitrogens with zero attached hydrogens (tertiary/aromatic N) is 1. The average Bonchev–Trinajstić information content (AvgIpc) is 3.14. The van der Waals surface area contributed by atoms with Crippen molar-refractivity contribution in [2.45, 2.75) is 19.5 Å². The van der Waals surface area contributed by atoms with E-state index < -0.39 is 0 Å². The Bertz CT molecular complexity index is 824. The van der Waals surface area contributed by atoms with Gasteiger partial charge in [0.05, 0.1) is 20.3 Å². The molecule has 0 saturated heterocycles. The summed E-state index contributed by atoms with van der Waals surface area (Å²) in [6, 6.07) is 10.8. The fourth-order valence-electron chi connectivity index (χ4n) is 2.83. The van der Waals surface area contributed by atoms with Gasteiger partial charge in [-0.05, 0) is 43.8 Å². The SMILES string of the molecule is COc1ccc(NC(=O)C(C)N(C)Cc2ccc3c(c2)OCO3)cc1OC. The second kappa shape index (κ2) is 8.18. The van der Waals surface area contributed by atoms with Crippen molar-refractivity contribution >= 4 is 11.6 Å². The summed E-state index contributed by atoms with van der Waals surface area (Å²) in [5.74, 6) is 2.56. The number of benzene rings is 2. The highest BCUT2D eigenvalue weighted by atomic mass is 16.7. The number of fused-ring (bicyclic) bond motifs is 1. The van der Waals surface area contributed by atoms with E-state index in [0.29, 0.717) is 23.7 Å². The molecule has 0 radical (unpaired) electrons. The van der Waals surface area contributed by atoms with Gasteiger partial charge in [-0.15, -0.1) is 0 Å². The van der Waals surface area contributed by atoms with Crippen LogP contribution in [0.4, 0.5) is 5.69 Å². The van der Waals surface area contributed by atoms with E-state index in [0.717, 1.165) is 17.1 Å². The van der Waals surface area contributed by atoms with Crippen LogP contribution in [0.5, 0.6) is 23.0 Å². The molecule has 0 aliphatic carbocycles. The molecule has 1 aliphatic heterocycles. The molecule has 1 unspecified atom stereocenters. The molecule has 0 bridgehead atoms. The van der Waals surface area contributed by atoms with Gasteiger partial charge in [0, 0.05) is 18.3 Å². The van der Waals surface area contributed by atoms with Crippen molar-refractivity contribution < 1.29 is 23.7 Å². The van der Waals surface area contributed by atoms with Crippen LogP contribution in [0.3, 0.4) is 0 Å². The van der Waals surface area contributed by atoms with Crippen molar-refractivity contribution in [3.63, 3.8) is 0 Å². The van der Waals surface area contributed by atoms with Gasteiger partial charge in [-0.1, -0.05) is 6.07 Å². The summed E-state index contributed by atoms with van der Waals surface area (Å²) >= 11 is 0. The van der Waals surface area contributed by atoms with Crippen LogP contribution in [0.2, 0.25) is 0 Å². The van der Waals surface area contributed by atoms with Gasteiger partial charge in [0.1, 0.15) is 0 Å². The molecular formula is C20H24N2O5. The lowest BCUT2D eigenvalue weighted by molar-refractivity contribution is -0.120. The second-order valence-electron chi connectivity index (χ2n) is 6.34. The monoisotopic (exact) mass is 372 g/mol. The zero-order valence-corrected chi connectivity index (χ0v) is 15.9. The van der Waals surface area contributed by atoms with Crippen LogP contribution in [0.25, 0.3) is 0 Å². The number of rotatable bonds is 7. The molecule has 0 spiro atoms. The first-order valence-corrected chi connectivity index (χ1v) is 8.63. The highest BCUT2D eigenvalue weighted by molar-refractivity contribution is 5.94. The molecule has 7 nitrogen and oxygen atoms in total.